The van der Waals surface area contributed by atoms with Gasteiger partial charge in [0.25, 0.3) is 11.6 Å². The first-order valence-electron chi connectivity index (χ1n) is 10.9. The fourth-order valence-corrected chi connectivity index (χ4v) is 4.10. The molecule has 188 valence electrons. The Bertz CT molecular complexity index is 1420. The van der Waals surface area contributed by atoms with Crippen molar-refractivity contribution in [2.24, 2.45) is 5.10 Å². The predicted molar refractivity (Wildman–Crippen MR) is 139 cm³/mol. The second-order valence-corrected chi connectivity index (χ2v) is 8.41. The van der Waals surface area contributed by atoms with E-state index in [4.69, 9.17) is 9.47 Å². The summed E-state index contributed by atoms with van der Waals surface area (Å²) in [6.07, 6.45) is 1.24. The molecule has 12 heteroatoms. The van der Waals surface area contributed by atoms with Gasteiger partial charge in [-0.05, 0) is 54.6 Å². The summed E-state index contributed by atoms with van der Waals surface area (Å²) in [5.41, 5.74) is 4.17. The number of rotatable bonds is 10. The molecule has 4 aromatic rings. The van der Waals surface area contributed by atoms with Gasteiger partial charge in [0, 0.05) is 17.3 Å². The Morgan fingerprint density at radius 3 is 2.32 bits per heavy atom. The molecule has 1 N–H and O–H groups in total. The van der Waals surface area contributed by atoms with Gasteiger partial charge in [-0.2, -0.15) is 5.10 Å². The molecule has 11 nitrogen and oxygen atoms in total. The van der Waals surface area contributed by atoms with Crippen LogP contribution in [0.1, 0.15) is 5.56 Å². The third-order valence-corrected chi connectivity index (χ3v) is 6.10. The number of thioether (sulfide) groups is 1. The molecule has 0 atom stereocenters. The van der Waals surface area contributed by atoms with Crippen molar-refractivity contribution in [3.05, 3.63) is 88.5 Å². The molecule has 0 fully saturated rings. The molecule has 3 aromatic carbocycles. The van der Waals surface area contributed by atoms with Gasteiger partial charge in [-0.3, -0.25) is 19.5 Å². The zero-order chi connectivity index (χ0) is 26.2. The van der Waals surface area contributed by atoms with E-state index in [1.807, 2.05) is 53.1 Å². The Morgan fingerprint density at radius 1 is 1.03 bits per heavy atom. The summed E-state index contributed by atoms with van der Waals surface area (Å²) < 4.78 is 12.4. The van der Waals surface area contributed by atoms with E-state index >= 15 is 0 Å². The summed E-state index contributed by atoms with van der Waals surface area (Å²) >= 11 is 1.18. The number of nitro groups is 1. The fourth-order valence-electron chi connectivity index (χ4n) is 3.35. The summed E-state index contributed by atoms with van der Waals surface area (Å²) in [6, 6.07) is 20.9. The maximum atomic E-state index is 12.4. The maximum absolute atomic E-state index is 12.4. The molecule has 1 heterocycles. The summed E-state index contributed by atoms with van der Waals surface area (Å²) in [5, 5.41) is 24.1. The fraction of sp³-hybridized carbons (Fsp3) is 0.120. The average molecular weight is 519 g/mol. The topological polar surface area (TPSA) is 134 Å². The molecule has 37 heavy (non-hydrogen) atoms. The molecule has 1 amide bonds. The van der Waals surface area contributed by atoms with Gasteiger partial charge in [-0.1, -0.05) is 23.9 Å². The van der Waals surface area contributed by atoms with Crippen molar-refractivity contribution in [3.8, 4) is 28.6 Å². The molecule has 0 radical (unpaired) electrons. The van der Waals surface area contributed by atoms with Crippen molar-refractivity contribution >= 4 is 29.6 Å². The second-order valence-electron chi connectivity index (χ2n) is 7.47. The molecule has 0 aliphatic heterocycles. The van der Waals surface area contributed by atoms with Crippen molar-refractivity contribution in [3.63, 3.8) is 0 Å². The van der Waals surface area contributed by atoms with Gasteiger partial charge in [0.1, 0.15) is 11.5 Å². The van der Waals surface area contributed by atoms with E-state index in [0.29, 0.717) is 22.5 Å². The Labute approximate surface area is 216 Å². The number of carbonyl (C=O) groups is 1. The number of hydrogen-bond acceptors (Lipinski definition) is 9. The third-order valence-electron chi connectivity index (χ3n) is 5.17. The maximum Gasteiger partial charge on any atom is 0.278 e. The number of carbonyl (C=O) groups excluding carboxylic acids is 1. The number of ether oxygens (including phenoxy) is 2. The van der Waals surface area contributed by atoms with Gasteiger partial charge >= 0.3 is 0 Å². The molecular weight excluding hydrogens is 496 g/mol. The number of hydrazone groups is 1. The van der Waals surface area contributed by atoms with Gasteiger partial charge in [0.05, 0.1) is 36.7 Å². The van der Waals surface area contributed by atoms with Gasteiger partial charge in [0.2, 0.25) is 0 Å². The standard InChI is InChI=1S/C25H22N6O5S/c1-35-20-11-7-17(8-12-20)24-28-29-25(30(24)19-9-13-21(36-2)14-10-19)37-16-23(32)27-26-15-18-5-3-4-6-22(18)31(33)34/h3-15H,16H2,1-2H3,(H,27,32). The van der Waals surface area contributed by atoms with Gasteiger partial charge < -0.3 is 9.47 Å². The molecule has 0 bridgehead atoms. The lowest BCUT2D eigenvalue weighted by Gasteiger charge is -2.11. The van der Waals surface area contributed by atoms with Gasteiger partial charge in [-0.15, -0.1) is 10.2 Å². The van der Waals surface area contributed by atoms with E-state index in [0.717, 1.165) is 11.3 Å². The summed E-state index contributed by atoms with van der Waals surface area (Å²) in [4.78, 5) is 23.1. The van der Waals surface area contributed by atoms with Gasteiger partial charge in [0.15, 0.2) is 11.0 Å². The highest BCUT2D eigenvalue weighted by Crippen LogP contribution is 2.29. The van der Waals surface area contributed by atoms with E-state index in [1.165, 1.54) is 24.0 Å². The highest BCUT2D eigenvalue weighted by Gasteiger charge is 2.18. The zero-order valence-corrected chi connectivity index (χ0v) is 20.7. The van der Waals surface area contributed by atoms with Gasteiger partial charge in [-0.25, -0.2) is 5.43 Å². The van der Waals surface area contributed by atoms with Crippen LogP contribution in [0.2, 0.25) is 0 Å². The van der Waals surface area contributed by atoms with Crippen LogP contribution in [-0.2, 0) is 4.79 Å². The molecule has 0 saturated carbocycles. The van der Waals surface area contributed by atoms with Crippen LogP contribution in [0.25, 0.3) is 17.1 Å². The molecule has 0 aliphatic carbocycles. The number of nitrogens with one attached hydrogen (secondary N) is 1. The number of nitro benzene ring substituents is 1. The molecule has 0 aliphatic rings. The first kappa shape index (κ1) is 25.4. The lowest BCUT2D eigenvalue weighted by Crippen LogP contribution is -2.20. The Hall–Kier alpha value is -4.71. The number of aromatic nitrogens is 3. The highest BCUT2D eigenvalue weighted by atomic mass is 32.2. The van der Waals surface area contributed by atoms with Crippen LogP contribution in [0.3, 0.4) is 0 Å². The Balaban J connectivity index is 1.53. The average Bonchev–Trinajstić information content (AvgIpc) is 3.36. The number of hydrogen-bond donors (Lipinski definition) is 1. The largest absolute Gasteiger partial charge is 0.497 e. The lowest BCUT2D eigenvalue weighted by molar-refractivity contribution is -0.385. The highest BCUT2D eigenvalue weighted by molar-refractivity contribution is 7.99. The number of nitrogens with zero attached hydrogens (tertiary/aromatic N) is 5. The number of methoxy groups -OCH3 is 2. The molecule has 0 unspecified atom stereocenters. The van der Waals surface area contributed by atoms with E-state index in [-0.39, 0.29) is 17.0 Å². The van der Waals surface area contributed by atoms with Crippen LogP contribution in [0.4, 0.5) is 5.69 Å². The van der Waals surface area contributed by atoms with Crippen molar-refractivity contribution < 1.29 is 19.2 Å². The molecule has 0 saturated heterocycles. The van der Waals surface area contributed by atoms with E-state index < -0.39 is 10.8 Å². The first-order chi connectivity index (χ1) is 18.0. The van der Waals surface area contributed by atoms with Crippen LogP contribution in [0.15, 0.2) is 83.1 Å². The molecular formula is C25H22N6O5S. The monoisotopic (exact) mass is 518 g/mol. The smallest absolute Gasteiger partial charge is 0.278 e. The first-order valence-corrected chi connectivity index (χ1v) is 11.9. The van der Waals surface area contributed by atoms with Crippen molar-refractivity contribution in [2.75, 3.05) is 20.0 Å². The van der Waals surface area contributed by atoms with Crippen molar-refractivity contribution in [1.29, 1.82) is 0 Å². The van der Waals surface area contributed by atoms with Crippen molar-refractivity contribution in [2.45, 2.75) is 5.16 Å². The molecule has 1 aromatic heterocycles. The number of benzene rings is 3. The van der Waals surface area contributed by atoms with E-state index in [9.17, 15) is 14.9 Å². The quantitative estimate of drug-likeness (QED) is 0.144. The van der Waals surface area contributed by atoms with E-state index in [1.54, 1.807) is 32.4 Å². The van der Waals surface area contributed by atoms with Crippen LogP contribution in [0, 0.1) is 10.1 Å². The van der Waals surface area contributed by atoms with Crippen LogP contribution >= 0.6 is 11.8 Å². The SMILES string of the molecule is COc1ccc(-c2nnc(SCC(=O)NN=Cc3ccccc3[N+](=O)[O-])n2-c2ccc(OC)cc2)cc1. The van der Waals surface area contributed by atoms with Crippen LogP contribution in [0.5, 0.6) is 11.5 Å². The minimum absolute atomic E-state index is 0.00881. The molecule has 4 rings (SSSR count). The normalized spacial score (nSPS) is 10.9. The Kier molecular flexibility index (Phi) is 8.11. The lowest BCUT2D eigenvalue weighted by atomic mass is 10.2. The zero-order valence-electron chi connectivity index (χ0n) is 19.9. The third kappa shape index (κ3) is 6.11. The summed E-state index contributed by atoms with van der Waals surface area (Å²) in [5.74, 6) is 1.59. The van der Waals surface area contributed by atoms with Crippen LogP contribution in [-0.4, -0.2) is 51.8 Å². The molecule has 0 spiro atoms. The van der Waals surface area contributed by atoms with E-state index in [2.05, 4.69) is 20.7 Å². The summed E-state index contributed by atoms with van der Waals surface area (Å²) in [6.45, 7) is 0. The Morgan fingerprint density at radius 2 is 1.68 bits per heavy atom. The number of para-hydroxylation sites is 1. The minimum atomic E-state index is -0.509. The second kappa shape index (κ2) is 11.8. The summed E-state index contributed by atoms with van der Waals surface area (Å²) in [7, 11) is 3.19. The minimum Gasteiger partial charge on any atom is -0.497 e. The van der Waals surface area contributed by atoms with Crippen LogP contribution < -0.4 is 14.9 Å². The van der Waals surface area contributed by atoms with Crippen molar-refractivity contribution in [1.82, 2.24) is 20.2 Å². The predicted octanol–water partition coefficient (Wildman–Crippen LogP) is 4.10. The number of amides is 1.